The molecule has 48 valence electrons. The van der Waals surface area contributed by atoms with Crippen LogP contribution in [-0.4, -0.2) is 0 Å². The van der Waals surface area contributed by atoms with Crippen molar-refractivity contribution in [3.8, 4) is 0 Å². The molecule has 0 spiro atoms. The molecular formula is C6H7CuN-. The molecule has 1 rings (SSSR count). The standard InChI is InChI=1S/C6H5.Cu.H2N/c1-2-4-6-5-3-1;;/h1-5H;;1H2/q-1;+1;-1. The minimum Gasteiger partial charge on any atom is -0.693 e. The van der Waals surface area contributed by atoms with E-state index < -0.39 is 0 Å². The minimum atomic E-state index is 0. The fraction of sp³-hybridized carbons (Fsp3) is 0. The molecular weight excluding hydrogens is 150 g/mol. The van der Waals surface area contributed by atoms with Crippen molar-refractivity contribution in [3.05, 3.63) is 42.5 Å². The van der Waals surface area contributed by atoms with Gasteiger partial charge in [-0.1, -0.05) is 0 Å². The van der Waals surface area contributed by atoms with Gasteiger partial charge in [0.05, 0.1) is 0 Å². The molecule has 0 bridgehead atoms. The molecule has 0 aliphatic rings. The number of hydrogen-bond donors (Lipinski definition) is 0. The summed E-state index contributed by atoms with van der Waals surface area (Å²) >= 11 is 0. The Bertz CT molecular complexity index is 80.5. The van der Waals surface area contributed by atoms with E-state index in [0.717, 1.165) is 0 Å². The molecule has 0 aromatic heterocycles. The van der Waals surface area contributed by atoms with Crippen molar-refractivity contribution in [2.45, 2.75) is 0 Å². The van der Waals surface area contributed by atoms with Gasteiger partial charge in [0.25, 0.3) is 0 Å². The zero-order valence-corrected chi connectivity index (χ0v) is 5.21. The van der Waals surface area contributed by atoms with E-state index in [1.165, 1.54) is 0 Å². The average Bonchev–Trinajstić information content (AvgIpc) is 1.72. The Kier molecular flexibility index (Phi) is 8.91. The van der Waals surface area contributed by atoms with Gasteiger partial charge in [-0.25, -0.2) is 0 Å². The summed E-state index contributed by atoms with van der Waals surface area (Å²) in [5, 5.41) is 0. The number of benzene rings is 1. The third-order valence-electron chi connectivity index (χ3n) is 0.607. The van der Waals surface area contributed by atoms with Gasteiger partial charge in [0, 0.05) is 0 Å². The first kappa shape index (κ1) is 10.6. The Morgan fingerprint density at radius 2 is 1.38 bits per heavy atom. The second-order valence-corrected chi connectivity index (χ2v) is 1.08. The van der Waals surface area contributed by atoms with E-state index in [4.69, 9.17) is 0 Å². The molecule has 0 radical (unpaired) electrons. The predicted molar refractivity (Wildman–Crippen MR) is 30.6 cm³/mol. The molecule has 0 amide bonds. The maximum Gasteiger partial charge on any atom is 1.00 e. The van der Waals surface area contributed by atoms with E-state index in [2.05, 4.69) is 6.07 Å². The summed E-state index contributed by atoms with van der Waals surface area (Å²) < 4.78 is 0. The van der Waals surface area contributed by atoms with Crippen LogP contribution in [0.15, 0.2) is 30.3 Å². The van der Waals surface area contributed by atoms with Crippen molar-refractivity contribution in [1.82, 2.24) is 0 Å². The van der Waals surface area contributed by atoms with Crippen LogP contribution < -0.4 is 0 Å². The third kappa shape index (κ3) is 3.87. The maximum atomic E-state index is 2.89. The zero-order chi connectivity index (χ0) is 4.24. The van der Waals surface area contributed by atoms with E-state index in [0.29, 0.717) is 0 Å². The summed E-state index contributed by atoms with van der Waals surface area (Å²) in [5.41, 5.74) is 0. The van der Waals surface area contributed by atoms with Gasteiger partial charge < -0.3 is 6.15 Å². The van der Waals surface area contributed by atoms with Gasteiger partial charge in [0.15, 0.2) is 0 Å². The molecule has 8 heavy (non-hydrogen) atoms. The molecule has 0 saturated heterocycles. The number of hydrogen-bond acceptors (Lipinski definition) is 0. The van der Waals surface area contributed by atoms with Crippen molar-refractivity contribution in [2.24, 2.45) is 0 Å². The van der Waals surface area contributed by atoms with Crippen LogP contribution in [0.2, 0.25) is 0 Å². The monoisotopic (exact) mass is 156 g/mol. The van der Waals surface area contributed by atoms with E-state index in [1.54, 1.807) is 0 Å². The minimum absolute atomic E-state index is 0. The van der Waals surface area contributed by atoms with Crippen LogP contribution in [0.5, 0.6) is 0 Å². The molecule has 0 saturated carbocycles. The molecule has 0 fully saturated rings. The van der Waals surface area contributed by atoms with Gasteiger partial charge in [-0.2, -0.15) is 36.4 Å². The molecule has 0 unspecified atom stereocenters. The summed E-state index contributed by atoms with van der Waals surface area (Å²) in [4.78, 5) is 0. The van der Waals surface area contributed by atoms with Crippen molar-refractivity contribution < 1.29 is 17.1 Å². The Morgan fingerprint density at radius 3 is 1.50 bits per heavy atom. The second-order valence-electron chi connectivity index (χ2n) is 1.08. The van der Waals surface area contributed by atoms with Crippen LogP contribution in [-0.2, 0) is 17.1 Å². The first-order valence-corrected chi connectivity index (χ1v) is 1.91. The van der Waals surface area contributed by atoms with Crippen molar-refractivity contribution >= 4 is 0 Å². The number of rotatable bonds is 0. The molecule has 1 aromatic carbocycles. The van der Waals surface area contributed by atoms with Gasteiger partial charge in [-0.05, 0) is 0 Å². The summed E-state index contributed by atoms with van der Waals surface area (Å²) in [6.07, 6.45) is 0. The normalized spacial score (nSPS) is 6.00. The quantitative estimate of drug-likeness (QED) is 0.408. The predicted octanol–water partition coefficient (Wildman–Crippen LogP) is 2.20. The Balaban J connectivity index is 0. The van der Waals surface area contributed by atoms with Crippen molar-refractivity contribution in [3.63, 3.8) is 0 Å². The first-order valence-electron chi connectivity index (χ1n) is 1.91. The summed E-state index contributed by atoms with van der Waals surface area (Å²) in [5.74, 6) is 0. The van der Waals surface area contributed by atoms with Crippen LogP contribution >= 0.6 is 0 Å². The average molecular weight is 157 g/mol. The van der Waals surface area contributed by atoms with Gasteiger partial charge in [-0.15, -0.1) is 0 Å². The fourth-order valence-corrected chi connectivity index (χ4v) is 0.342. The molecule has 1 aromatic rings. The van der Waals surface area contributed by atoms with E-state index in [1.807, 2.05) is 30.3 Å². The topological polar surface area (TPSA) is 33.5 Å². The van der Waals surface area contributed by atoms with Gasteiger partial charge in [0.2, 0.25) is 0 Å². The summed E-state index contributed by atoms with van der Waals surface area (Å²) in [6.45, 7) is 0. The fourth-order valence-electron chi connectivity index (χ4n) is 0.342. The van der Waals surface area contributed by atoms with Crippen LogP contribution in [0.25, 0.3) is 6.15 Å². The van der Waals surface area contributed by atoms with Crippen LogP contribution in [0, 0.1) is 6.07 Å². The third-order valence-corrected chi connectivity index (χ3v) is 0.607. The number of nitrogens with two attached hydrogens (primary N) is 1. The molecule has 0 aliphatic carbocycles. The van der Waals surface area contributed by atoms with Crippen LogP contribution in [0.4, 0.5) is 0 Å². The van der Waals surface area contributed by atoms with Gasteiger partial charge >= 0.3 is 17.1 Å². The van der Waals surface area contributed by atoms with E-state index >= 15 is 0 Å². The van der Waals surface area contributed by atoms with Gasteiger partial charge in [0.1, 0.15) is 0 Å². The summed E-state index contributed by atoms with van der Waals surface area (Å²) in [7, 11) is 0. The van der Waals surface area contributed by atoms with Crippen LogP contribution in [0.3, 0.4) is 0 Å². The first-order chi connectivity index (χ1) is 3.00. The smallest absolute Gasteiger partial charge is 0.693 e. The van der Waals surface area contributed by atoms with Gasteiger partial charge in [-0.3, -0.25) is 0 Å². The molecule has 2 N–H and O–H groups in total. The molecule has 0 aliphatic heterocycles. The molecule has 1 nitrogen and oxygen atoms in total. The molecule has 2 heteroatoms. The van der Waals surface area contributed by atoms with Crippen molar-refractivity contribution in [2.75, 3.05) is 0 Å². The maximum absolute atomic E-state index is 2.89. The second kappa shape index (κ2) is 6.70. The zero-order valence-electron chi connectivity index (χ0n) is 4.27. The molecule has 0 atom stereocenters. The Morgan fingerprint density at radius 1 is 0.875 bits per heavy atom. The van der Waals surface area contributed by atoms with Crippen molar-refractivity contribution in [1.29, 1.82) is 0 Å². The Hall–Kier alpha value is -0.301. The largest absolute Gasteiger partial charge is 1.00 e. The summed E-state index contributed by atoms with van der Waals surface area (Å²) in [6, 6.07) is 12.5. The Labute approximate surface area is 60.2 Å². The SMILES string of the molecule is [Cu+].[NH2-].[c-]1ccccc1. The van der Waals surface area contributed by atoms with Crippen LogP contribution in [0.1, 0.15) is 0 Å². The van der Waals surface area contributed by atoms with E-state index in [-0.39, 0.29) is 23.2 Å². The molecule has 0 heterocycles. The van der Waals surface area contributed by atoms with E-state index in [9.17, 15) is 0 Å².